The van der Waals surface area contributed by atoms with Crippen molar-refractivity contribution in [2.45, 2.75) is 49.4 Å². The number of carbonyl (C=O) groups is 1. The zero-order chi connectivity index (χ0) is 21.5. The summed E-state index contributed by atoms with van der Waals surface area (Å²) in [6, 6.07) is 5.76. The molecule has 1 N–H and O–H groups in total. The number of imidazole rings is 1. The summed E-state index contributed by atoms with van der Waals surface area (Å²) in [7, 11) is 1.82. The number of hydrogen-bond donors (Lipinski definition) is 1. The number of nitrogens with zero attached hydrogens (tertiary/aromatic N) is 6. The second-order valence-corrected chi connectivity index (χ2v) is 11.5. The first-order valence-electron chi connectivity index (χ1n) is 11.7. The summed E-state index contributed by atoms with van der Waals surface area (Å²) in [5.41, 5.74) is 3.26. The molecular formula is C23H27N7OS. The third-order valence-electron chi connectivity index (χ3n) is 9.04. The van der Waals surface area contributed by atoms with E-state index >= 15 is 0 Å². The summed E-state index contributed by atoms with van der Waals surface area (Å²) in [5, 5.41) is 15.6. The Hall–Kier alpha value is -2.42. The Labute approximate surface area is 190 Å². The fourth-order valence-electron chi connectivity index (χ4n) is 8.03. The lowest BCUT2D eigenvalue weighted by molar-refractivity contribution is -0.0960. The molecule has 166 valence electrons. The number of rotatable bonds is 6. The largest absolute Gasteiger partial charge is 0.350 e. The van der Waals surface area contributed by atoms with Crippen molar-refractivity contribution in [1.29, 1.82) is 0 Å². The minimum atomic E-state index is 0.00919. The molecule has 1 amide bonds. The summed E-state index contributed by atoms with van der Waals surface area (Å²) in [6.07, 6.45) is 10.3. The van der Waals surface area contributed by atoms with Crippen LogP contribution in [0.2, 0.25) is 0 Å². The lowest BCUT2D eigenvalue weighted by Crippen LogP contribution is -2.57. The highest BCUT2D eigenvalue weighted by atomic mass is 32.2. The van der Waals surface area contributed by atoms with Crippen LogP contribution in [0, 0.1) is 28.6 Å². The summed E-state index contributed by atoms with van der Waals surface area (Å²) < 4.78 is 3.56. The van der Waals surface area contributed by atoms with Crippen LogP contribution in [-0.2, 0) is 12.8 Å². The molecule has 3 bridgehead atoms. The van der Waals surface area contributed by atoms with Crippen molar-refractivity contribution in [3.63, 3.8) is 0 Å². The molecule has 4 aliphatic rings. The van der Waals surface area contributed by atoms with Gasteiger partial charge in [-0.15, -0.1) is 5.10 Å². The van der Waals surface area contributed by atoms with Gasteiger partial charge in [-0.3, -0.25) is 9.20 Å². The summed E-state index contributed by atoms with van der Waals surface area (Å²) in [4.78, 5) is 18.0. The maximum atomic E-state index is 13.3. The third kappa shape index (κ3) is 2.54. The van der Waals surface area contributed by atoms with Gasteiger partial charge < -0.3 is 5.32 Å². The average molecular weight is 450 g/mol. The molecule has 4 fully saturated rings. The molecule has 0 saturated heterocycles. The Morgan fingerprint density at radius 3 is 3.00 bits per heavy atom. The van der Waals surface area contributed by atoms with Crippen LogP contribution in [0.3, 0.4) is 0 Å². The van der Waals surface area contributed by atoms with Crippen LogP contribution in [0.1, 0.15) is 54.7 Å². The molecule has 5 unspecified atom stereocenters. The van der Waals surface area contributed by atoms with Crippen LogP contribution in [0.4, 0.5) is 0 Å². The molecule has 4 aliphatic carbocycles. The lowest BCUT2D eigenvalue weighted by Gasteiger charge is -2.59. The van der Waals surface area contributed by atoms with Gasteiger partial charge in [0.25, 0.3) is 5.91 Å². The van der Waals surface area contributed by atoms with E-state index in [1.165, 1.54) is 50.3 Å². The minimum Gasteiger partial charge on any atom is -0.350 e. The fourth-order valence-corrected chi connectivity index (χ4v) is 8.77. The maximum Gasteiger partial charge on any atom is 0.268 e. The van der Waals surface area contributed by atoms with Crippen molar-refractivity contribution in [2.75, 3.05) is 6.54 Å². The zero-order valence-electron chi connectivity index (χ0n) is 18.2. The van der Waals surface area contributed by atoms with Crippen LogP contribution < -0.4 is 5.32 Å². The average Bonchev–Trinajstić information content (AvgIpc) is 3.47. The molecular weight excluding hydrogens is 422 g/mol. The van der Waals surface area contributed by atoms with E-state index in [0.29, 0.717) is 22.3 Å². The monoisotopic (exact) mass is 449 g/mol. The number of aryl methyl sites for hydroxylation is 1. The second kappa shape index (κ2) is 6.56. The van der Waals surface area contributed by atoms with E-state index in [1.54, 1.807) is 4.68 Å². The summed E-state index contributed by atoms with van der Waals surface area (Å²) >= 11 is 1.53. The van der Waals surface area contributed by atoms with Crippen molar-refractivity contribution < 1.29 is 4.79 Å². The van der Waals surface area contributed by atoms with Crippen LogP contribution in [0.15, 0.2) is 29.6 Å². The Morgan fingerprint density at radius 2 is 2.12 bits per heavy atom. The molecule has 0 aliphatic heterocycles. The number of tetrazole rings is 1. The number of nitrogens with one attached hydrogen (secondary N) is 1. The Balaban J connectivity index is 1.09. The van der Waals surface area contributed by atoms with Gasteiger partial charge in [0.05, 0.1) is 5.69 Å². The van der Waals surface area contributed by atoms with Gasteiger partial charge in [0.15, 0.2) is 0 Å². The molecule has 8 nitrogen and oxygen atoms in total. The van der Waals surface area contributed by atoms with Gasteiger partial charge in [-0.2, -0.15) is 0 Å². The lowest BCUT2D eigenvalue weighted by atomic mass is 9.46. The quantitative estimate of drug-likeness (QED) is 0.582. The topological polar surface area (TPSA) is 90.0 Å². The van der Waals surface area contributed by atoms with Crippen molar-refractivity contribution in [2.24, 2.45) is 35.6 Å². The molecule has 1 spiro atoms. The van der Waals surface area contributed by atoms with E-state index in [4.69, 9.17) is 4.98 Å². The van der Waals surface area contributed by atoms with Gasteiger partial charge in [0.2, 0.25) is 5.16 Å². The predicted octanol–water partition coefficient (Wildman–Crippen LogP) is 3.10. The van der Waals surface area contributed by atoms with E-state index < -0.39 is 0 Å². The number of carbonyl (C=O) groups excluding carboxylic acids is 1. The third-order valence-corrected chi connectivity index (χ3v) is 10.1. The number of hydrogen-bond acceptors (Lipinski definition) is 6. The molecule has 32 heavy (non-hydrogen) atoms. The van der Waals surface area contributed by atoms with Crippen molar-refractivity contribution >= 4 is 23.3 Å². The smallest absolute Gasteiger partial charge is 0.268 e. The van der Waals surface area contributed by atoms with E-state index in [9.17, 15) is 4.79 Å². The van der Waals surface area contributed by atoms with Crippen molar-refractivity contribution in [3.8, 4) is 0 Å². The number of thioether (sulfide) groups is 1. The summed E-state index contributed by atoms with van der Waals surface area (Å²) in [5.74, 6) is 3.45. The predicted molar refractivity (Wildman–Crippen MR) is 119 cm³/mol. The minimum absolute atomic E-state index is 0.00919. The van der Waals surface area contributed by atoms with Gasteiger partial charge in [0.1, 0.15) is 11.3 Å². The first kappa shape index (κ1) is 19.1. The van der Waals surface area contributed by atoms with Crippen LogP contribution in [0.25, 0.3) is 5.65 Å². The normalized spacial score (nSPS) is 34.1. The van der Waals surface area contributed by atoms with Gasteiger partial charge in [-0.1, -0.05) is 17.8 Å². The summed E-state index contributed by atoms with van der Waals surface area (Å²) in [6.45, 7) is 0.832. The van der Waals surface area contributed by atoms with Crippen LogP contribution >= 0.6 is 11.8 Å². The molecule has 3 heterocycles. The first-order chi connectivity index (χ1) is 15.6. The van der Waals surface area contributed by atoms with Gasteiger partial charge in [-0.25, -0.2) is 9.67 Å². The molecule has 0 aromatic carbocycles. The van der Waals surface area contributed by atoms with Gasteiger partial charge >= 0.3 is 0 Å². The number of amides is 1. The van der Waals surface area contributed by atoms with E-state index in [2.05, 4.69) is 20.8 Å². The highest BCUT2D eigenvalue weighted by Gasteiger charge is 2.73. The Morgan fingerprint density at radius 1 is 1.22 bits per heavy atom. The molecule has 3 aromatic rings. The van der Waals surface area contributed by atoms with E-state index in [1.807, 2.05) is 35.8 Å². The number of fused-ring (bicyclic) bond motifs is 3. The zero-order valence-corrected chi connectivity index (χ0v) is 19.0. The SMILES string of the molecule is Cn1nnnc1SCc1cn2c(C(=O)NCC34CC5CC6CC(C3)C4(C6)C5)cccc2n1. The molecule has 0 radical (unpaired) electrons. The maximum absolute atomic E-state index is 13.3. The molecule has 9 heteroatoms. The standard InChI is InChI=1S/C23H27N7OS/c1-29-21(26-27-28-29)32-12-17-11-30-18(3-2-4-19(30)25-17)20(31)24-13-22-7-15-5-14-6-16(10-22)23(22,8-14)9-15/h2-4,11,14-16H,5-10,12-13H2,1H3,(H,24,31). The first-order valence-corrected chi connectivity index (χ1v) is 12.6. The van der Waals surface area contributed by atoms with Gasteiger partial charge in [0, 0.05) is 25.5 Å². The molecule has 7 rings (SSSR count). The second-order valence-electron chi connectivity index (χ2n) is 10.6. The highest BCUT2D eigenvalue weighted by Crippen LogP contribution is 2.81. The van der Waals surface area contributed by atoms with Crippen LogP contribution in [0.5, 0.6) is 0 Å². The highest BCUT2D eigenvalue weighted by molar-refractivity contribution is 7.98. The molecule has 5 atom stereocenters. The molecule has 4 saturated carbocycles. The number of aromatic nitrogens is 6. The van der Waals surface area contributed by atoms with Crippen LogP contribution in [-0.4, -0.2) is 42.0 Å². The Bertz CT molecular complexity index is 1230. The van der Waals surface area contributed by atoms with E-state index in [-0.39, 0.29) is 5.91 Å². The fraction of sp³-hybridized carbons (Fsp3) is 0.609. The number of pyridine rings is 1. The van der Waals surface area contributed by atoms with E-state index in [0.717, 1.165) is 40.8 Å². The van der Waals surface area contributed by atoms with Crippen molar-refractivity contribution in [3.05, 3.63) is 35.8 Å². The molecule has 3 aromatic heterocycles. The van der Waals surface area contributed by atoms with Crippen molar-refractivity contribution in [1.82, 2.24) is 34.9 Å². The van der Waals surface area contributed by atoms with Gasteiger partial charge in [-0.05, 0) is 89.7 Å². The Kier molecular flexibility index (Phi) is 3.91.